The lowest BCUT2D eigenvalue weighted by Crippen LogP contribution is -2.29. The van der Waals surface area contributed by atoms with E-state index in [9.17, 15) is 8.42 Å². The Hall–Kier alpha value is -1.39. The summed E-state index contributed by atoms with van der Waals surface area (Å²) in [6.45, 7) is 13.2. The summed E-state index contributed by atoms with van der Waals surface area (Å²) in [6.07, 6.45) is 2.52. The molecule has 120 valence electrons. The van der Waals surface area contributed by atoms with Crippen molar-refractivity contribution in [3.05, 3.63) is 54.1 Å². The Kier molecular flexibility index (Phi) is 5.24. The molecule has 0 spiro atoms. The van der Waals surface area contributed by atoms with Crippen LogP contribution in [0.2, 0.25) is 0 Å². The number of benzene rings is 1. The molecule has 1 aromatic carbocycles. The highest BCUT2D eigenvalue weighted by molar-refractivity contribution is 7.89. The molecule has 4 heteroatoms. The predicted molar refractivity (Wildman–Crippen MR) is 91.3 cm³/mol. The van der Waals surface area contributed by atoms with Gasteiger partial charge in [-0.1, -0.05) is 42.5 Å². The third-order valence-electron chi connectivity index (χ3n) is 4.27. The molecule has 1 heterocycles. The zero-order valence-corrected chi connectivity index (χ0v) is 14.3. The third-order valence-corrected chi connectivity index (χ3v) is 6.27. The average Bonchev–Trinajstić information content (AvgIpc) is 2.99. The van der Waals surface area contributed by atoms with Gasteiger partial charge >= 0.3 is 0 Å². The minimum absolute atomic E-state index is 0.106. The van der Waals surface area contributed by atoms with Gasteiger partial charge in [0.15, 0.2) is 0 Å². The van der Waals surface area contributed by atoms with Crippen LogP contribution in [0, 0.1) is 5.92 Å². The van der Waals surface area contributed by atoms with E-state index in [0.29, 0.717) is 24.4 Å². The largest absolute Gasteiger partial charge is 0.243 e. The van der Waals surface area contributed by atoms with E-state index in [-0.39, 0.29) is 5.92 Å². The van der Waals surface area contributed by atoms with Crippen molar-refractivity contribution in [2.24, 2.45) is 5.92 Å². The molecular weight excluding hydrogens is 294 g/mol. The number of hydrogen-bond acceptors (Lipinski definition) is 2. The van der Waals surface area contributed by atoms with Crippen molar-refractivity contribution in [3.8, 4) is 0 Å². The number of sulfonamides is 1. The first-order valence-corrected chi connectivity index (χ1v) is 9.17. The molecule has 1 fully saturated rings. The molecule has 22 heavy (non-hydrogen) atoms. The summed E-state index contributed by atoms with van der Waals surface area (Å²) in [5, 5.41) is 0. The van der Waals surface area contributed by atoms with Crippen molar-refractivity contribution in [1.29, 1.82) is 0 Å². The van der Waals surface area contributed by atoms with Crippen LogP contribution in [0.1, 0.15) is 32.3 Å². The molecule has 0 bridgehead atoms. The summed E-state index contributed by atoms with van der Waals surface area (Å²) in [6, 6.07) is 7.31. The SMILES string of the molecule is C=C(C)C(Cc1ccccc1S(=O)(=O)N1CCCC1)C(=C)C. The maximum Gasteiger partial charge on any atom is 0.243 e. The summed E-state index contributed by atoms with van der Waals surface area (Å²) in [5.74, 6) is 0.106. The van der Waals surface area contributed by atoms with E-state index < -0.39 is 10.0 Å². The van der Waals surface area contributed by atoms with E-state index in [1.807, 2.05) is 26.0 Å². The molecule has 0 N–H and O–H groups in total. The molecule has 0 aliphatic carbocycles. The van der Waals surface area contributed by atoms with E-state index in [1.165, 1.54) is 0 Å². The molecular formula is C18H25NO2S. The third kappa shape index (κ3) is 3.50. The summed E-state index contributed by atoms with van der Waals surface area (Å²) in [5.41, 5.74) is 2.88. The first-order valence-electron chi connectivity index (χ1n) is 7.73. The van der Waals surface area contributed by atoms with Crippen LogP contribution in [0.15, 0.2) is 53.5 Å². The fraction of sp³-hybridized carbons (Fsp3) is 0.444. The van der Waals surface area contributed by atoms with Crippen LogP contribution in [-0.2, 0) is 16.4 Å². The van der Waals surface area contributed by atoms with Crippen molar-refractivity contribution >= 4 is 10.0 Å². The van der Waals surface area contributed by atoms with Gasteiger partial charge in [0.1, 0.15) is 0 Å². The van der Waals surface area contributed by atoms with Gasteiger partial charge in [0, 0.05) is 19.0 Å². The molecule has 0 atom stereocenters. The highest BCUT2D eigenvalue weighted by Crippen LogP contribution is 2.29. The van der Waals surface area contributed by atoms with Crippen molar-refractivity contribution in [2.75, 3.05) is 13.1 Å². The minimum atomic E-state index is -3.39. The monoisotopic (exact) mass is 319 g/mol. The van der Waals surface area contributed by atoms with E-state index in [2.05, 4.69) is 13.2 Å². The molecule has 0 saturated carbocycles. The number of allylic oxidation sites excluding steroid dienone is 2. The van der Waals surface area contributed by atoms with E-state index in [4.69, 9.17) is 0 Å². The second-order valence-electron chi connectivity index (χ2n) is 6.17. The fourth-order valence-electron chi connectivity index (χ4n) is 2.98. The van der Waals surface area contributed by atoms with E-state index in [0.717, 1.165) is 29.6 Å². The molecule has 1 aliphatic rings. The normalized spacial score (nSPS) is 16.1. The Bertz CT molecular complexity index is 656. The zero-order chi connectivity index (χ0) is 16.3. The highest BCUT2D eigenvalue weighted by atomic mass is 32.2. The number of hydrogen-bond donors (Lipinski definition) is 0. The lowest BCUT2D eigenvalue weighted by Gasteiger charge is -2.22. The molecule has 1 aromatic rings. The lowest BCUT2D eigenvalue weighted by molar-refractivity contribution is 0.476. The van der Waals surface area contributed by atoms with E-state index >= 15 is 0 Å². The van der Waals surface area contributed by atoms with Gasteiger partial charge in [-0.25, -0.2) is 8.42 Å². The van der Waals surface area contributed by atoms with Crippen LogP contribution < -0.4 is 0 Å². The van der Waals surface area contributed by atoms with Crippen LogP contribution in [0.25, 0.3) is 0 Å². The van der Waals surface area contributed by atoms with Gasteiger partial charge in [-0.15, -0.1) is 0 Å². The van der Waals surface area contributed by atoms with Crippen molar-refractivity contribution in [1.82, 2.24) is 4.31 Å². The van der Waals surface area contributed by atoms with Crippen molar-refractivity contribution in [2.45, 2.75) is 38.0 Å². The topological polar surface area (TPSA) is 37.4 Å². The summed E-state index contributed by atoms with van der Waals surface area (Å²) in [4.78, 5) is 0.435. The van der Waals surface area contributed by atoms with Gasteiger partial charge in [0.2, 0.25) is 10.0 Å². The number of rotatable bonds is 6. The summed E-state index contributed by atoms with van der Waals surface area (Å²) in [7, 11) is -3.39. The maximum atomic E-state index is 12.9. The van der Waals surface area contributed by atoms with Crippen LogP contribution in [0.4, 0.5) is 0 Å². The van der Waals surface area contributed by atoms with Gasteiger partial charge < -0.3 is 0 Å². The lowest BCUT2D eigenvalue weighted by atomic mass is 9.88. The molecule has 1 saturated heterocycles. The van der Waals surface area contributed by atoms with Gasteiger partial charge in [0.25, 0.3) is 0 Å². The first-order chi connectivity index (χ1) is 10.3. The van der Waals surface area contributed by atoms with Gasteiger partial charge in [0.05, 0.1) is 4.90 Å². The Morgan fingerprint density at radius 3 is 2.23 bits per heavy atom. The maximum absolute atomic E-state index is 12.9. The smallest absolute Gasteiger partial charge is 0.207 e. The molecule has 0 aromatic heterocycles. The standard InChI is InChI=1S/C18H25NO2S/c1-14(2)17(15(3)4)13-16-9-5-6-10-18(16)22(20,21)19-11-7-8-12-19/h5-6,9-10,17H,1,3,7-8,11-13H2,2,4H3. The highest BCUT2D eigenvalue weighted by Gasteiger charge is 2.29. The zero-order valence-electron chi connectivity index (χ0n) is 13.5. The average molecular weight is 319 g/mol. The Labute approximate surface area is 134 Å². The first kappa shape index (κ1) is 17.0. The van der Waals surface area contributed by atoms with Gasteiger partial charge in [-0.3, -0.25) is 0 Å². The predicted octanol–water partition coefficient (Wildman–Crippen LogP) is 3.78. The van der Waals surface area contributed by atoms with Crippen LogP contribution in [0.3, 0.4) is 0 Å². The Morgan fingerprint density at radius 1 is 1.14 bits per heavy atom. The molecule has 0 radical (unpaired) electrons. The number of nitrogens with zero attached hydrogens (tertiary/aromatic N) is 1. The van der Waals surface area contributed by atoms with Crippen molar-refractivity contribution < 1.29 is 8.42 Å². The van der Waals surface area contributed by atoms with Crippen LogP contribution in [-0.4, -0.2) is 25.8 Å². The molecule has 0 unspecified atom stereocenters. The quantitative estimate of drug-likeness (QED) is 0.748. The van der Waals surface area contributed by atoms with Gasteiger partial charge in [-0.2, -0.15) is 4.31 Å². The van der Waals surface area contributed by atoms with Crippen LogP contribution in [0.5, 0.6) is 0 Å². The molecule has 2 rings (SSSR count). The molecule has 0 amide bonds. The second-order valence-corrected chi connectivity index (χ2v) is 8.07. The Balaban J connectivity index is 2.38. The fourth-order valence-corrected chi connectivity index (χ4v) is 4.73. The molecule has 3 nitrogen and oxygen atoms in total. The van der Waals surface area contributed by atoms with Crippen molar-refractivity contribution in [3.63, 3.8) is 0 Å². The minimum Gasteiger partial charge on any atom is -0.207 e. The molecule has 1 aliphatic heterocycles. The van der Waals surface area contributed by atoms with Gasteiger partial charge in [-0.05, 0) is 44.7 Å². The summed E-state index contributed by atoms with van der Waals surface area (Å²) < 4.78 is 27.3. The van der Waals surface area contributed by atoms with Crippen LogP contribution >= 0.6 is 0 Å². The second kappa shape index (κ2) is 6.80. The summed E-state index contributed by atoms with van der Waals surface area (Å²) >= 11 is 0. The van der Waals surface area contributed by atoms with E-state index in [1.54, 1.807) is 16.4 Å². The Morgan fingerprint density at radius 2 is 1.68 bits per heavy atom.